The van der Waals surface area contributed by atoms with Crippen molar-refractivity contribution in [2.45, 2.75) is 20.4 Å². The van der Waals surface area contributed by atoms with Gasteiger partial charge < -0.3 is 15.2 Å². The van der Waals surface area contributed by atoms with Crippen molar-refractivity contribution < 1.29 is 9.53 Å². The zero-order chi connectivity index (χ0) is 15.4. The van der Waals surface area contributed by atoms with Crippen LogP contribution < -0.4 is 15.6 Å². The van der Waals surface area contributed by atoms with E-state index < -0.39 is 0 Å². The summed E-state index contributed by atoms with van der Waals surface area (Å²) in [6.45, 7) is 3.89. The van der Waals surface area contributed by atoms with Crippen molar-refractivity contribution in [3.05, 3.63) is 50.4 Å². The summed E-state index contributed by atoms with van der Waals surface area (Å²) in [5.74, 6) is 0.321. The fraction of sp³-hybridized carbons (Fsp3) is 0.286. The lowest BCUT2D eigenvalue weighted by atomic mass is 10.1. The van der Waals surface area contributed by atoms with Crippen molar-refractivity contribution >= 4 is 17.5 Å². The number of rotatable bonds is 5. The summed E-state index contributed by atoms with van der Waals surface area (Å²) in [6.07, 6.45) is 0. The zero-order valence-electron chi connectivity index (χ0n) is 11.7. The minimum Gasteiger partial charge on any atom is -0.484 e. The Bertz CT molecular complexity index is 682. The Balaban J connectivity index is 1.85. The number of benzene rings is 1. The van der Waals surface area contributed by atoms with Crippen LogP contribution in [0, 0.1) is 13.8 Å². The van der Waals surface area contributed by atoms with Crippen LogP contribution in [-0.4, -0.2) is 22.7 Å². The monoisotopic (exact) mass is 309 g/mol. The smallest absolute Gasteiger partial charge is 0.264 e. The van der Waals surface area contributed by atoms with Crippen molar-refractivity contribution in [3.8, 4) is 5.75 Å². The molecule has 7 heteroatoms. The number of aryl methyl sites for hydroxylation is 2. The van der Waals surface area contributed by atoms with Gasteiger partial charge in [-0.05, 0) is 37.1 Å². The van der Waals surface area contributed by atoms with E-state index in [1.807, 2.05) is 13.8 Å². The predicted octanol–water partition coefficient (Wildman–Crippen LogP) is 1.67. The molecular weight excluding hydrogens is 294 g/mol. The van der Waals surface area contributed by atoms with Crippen LogP contribution in [-0.2, 0) is 11.3 Å². The SMILES string of the molecule is Cc1cc(OCC(=O)NCc2cc(=O)[nH][nH]2)cc(C)c1Cl. The molecule has 3 N–H and O–H groups in total. The van der Waals surface area contributed by atoms with Crippen molar-refractivity contribution in [1.29, 1.82) is 0 Å². The molecule has 0 aliphatic heterocycles. The third-order valence-corrected chi connectivity index (χ3v) is 3.50. The summed E-state index contributed by atoms with van der Waals surface area (Å²) >= 11 is 6.07. The van der Waals surface area contributed by atoms with Gasteiger partial charge in [-0.3, -0.25) is 14.7 Å². The minimum atomic E-state index is -0.276. The number of carbonyl (C=O) groups is 1. The topological polar surface area (TPSA) is 87.0 Å². The Morgan fingerprint density at radius 2 is 1.90 bits per heavy atom. The van der Waals surface area contributed by atoms with Gasteiger partial charge in [-0.1, -0.05) is 11.6 Å². The molecule has 1 aromatic heterocycles. The molecule has 0 unspecified atom stereocenters. The second-order valence-corrected chi connectivity index (χ2v) is 5.10. The molecule has 2 aromatic rings. The maximum Gasteiger partial charge on any atom is 0.264 e. The number of amides is 1. The number of aromatic amines is 2. The van der Waals surface area contributed by atoms with E-state index >= 15 is 0 Å². The van der Waals surface area contributed by atoms with Gasteiger partial charge in [0.1, 0.15) is 5.75 Å². The number of carbonyl (C=O) groups excluding carboxylic acids is 1. The summed E-state index contributed by atoms with van der Waals surface area (Å²) < 4.78 is 5.43. The third kappa shape index (κ3) is 4.13. The van der Waals surface area contributed by atoms with Crippen molar-refractivity contribution in [1.82, 2.24) is 15.5 Å². The van der Waals surface area contributed by atoms with Crippen molar-refractivity contribution in [2.24, 2.45) is 0 Å². The number of ether oxygens (including phenoxy) is 1. The van der Waals surface area contributed by atoms with E-state index in [9.17, 15) is 9.59 Å². The second-order valence-electron chi connectivity index (χ2n) is 4.72. The number of nitrogens with one attached hydrogen (secondary N) is 3. The molecule has 0 radical (unpaired) electrons. The Kier molecular flexibility index (Phi) is 4.70. The van der Waals surface area contributed by atoms with E-state index in [4.69, 9.17) is 16.3 Å². The molecule has 1 amide bonds. The normalized spacial score (nSPS) is 10.4. The van der Waals surface area contributed by atoms with Gasteiger partial charge >= 0.3 is 0 Å². The molecule has 0 saturated heterocycles. The molecule has 1 heterocycles. The van der Waals surface area contributed by atoms with Gasteiger partial charge in [0.15, 0.2) is 6.61 Å². The predicted molar refractivity (Wildman–Crippen MR) is 79.7 cm³/mol. The molecule has 0 saturated carbocycles. The number of halogens is 1. The molecule has 1 aromatic carbocycles. The van der Waals surface area contributed by atoms with Gasteiger partial charge in [0.25, 0.3) is 11.5 Å². The Hall–Kier alpha value is -2.21. The molecule has 0 atom stereocenters. The van der Waals surface area contributed by atoms with Crippen LogP contribution in [0.3, 0.4) is 0 Å². The quantitative estimate of drug-likeness (QED) is 0.785. The molecule has 0 fully saturated rings. The highest BCUT2D eigenvalue weighted by molar-refractivity contribution is 6.32. The highest BCUT2D eigenvalue weighted by atomic mass is 35.5. The maximum atomic E-state index is 11.7. The summed E-state index contributed by atoms with van der Waals surface area (Å²) in [7, 11) is 0. The first kappa shape index (κ1) is 15.2. The highest BCUT2D eigenvalue weighted by Gasteiger charge is 2.07. The Morgan fingerprint density at radius 3 is 2.48 bits per heavy atom. The fourth-order valence-corrected chi connectivity index (χ4v) is 1.96. The molecule has 0 spiro atoms. The third-order valence-electron chi connectivity index (χ3n) is 2.91. The largest absolute Gasteiger partial charge is 0.484 e. The van der Waals surface area contributed by atoms with Crippen LogP contribution in [0.25, 0.3) is 0 Å². The van der Waals surface area contributed by atoms with E-state index in [0.717, 1.165) is 11.1 Å². The van der Waals surface area contributed by atoms with Gasteiger partial charge in [0.05, 0.1) is 12.2 Å². The van der Waals surface area contributed by atoms with Crippen molar-refractivity contribution in [2.75, 3.05) is 6.61 Å². The van der Waals surface area contributed by atoms with Gasteiger partial charge in [-0.25, -0.2) is 0 Å². The highest BCUT2D eigenvalue weighted by Crippen LogP contribution is 2.25. The summed E-state index contributed by atoms with van der Waals surface area (Å²) in [6, 6.07) is 4.95. The molecule has 21 heavy (non-hydrogen) atoms. The van der Waals surface area contributed by atoms with Gasteiger partial charge in [0.2, 0.25) is 0 Å². The summed E-state index contributed by atoms with van der Waals surface area (Å²) in [4.78, 5) is 22.6. The van der Waals surface area contributed by atoms with E-state index in [0.29, 0.717) is 16.5 Å². The number of aromatic nitrogens is 2. The second kappa shape index (κ2) is 6.49. The minimum absolute atomic E-state index is 0.102. The van der Waals surface area contributed by atoms with Gasteiger partial charge in [-0.15, -0.1) is 0 Å². The van der Waals surface area contributed by atoms with Gasteiger partial charge in [0, 0.05) is 11.1 Å². The van der Waals surface area contributed by atoms with Crippen molar-refractivity contribution in [3.63, 3.8) is 0 Å². The van der Waals surface area contributed by atoms with Gasteiger partial charge in [-0.2, -0.15) is 0 Å². The van der Waals surface area contributed by atoms with Crippen LogP contribution in [0.2, 0.25) is 5.02 Å². The molecule has 2 rings (SSSR count). The molecule has 0 bridgehead atoms. The lowest BCUT2D eigenvalue weighted by Crippen LogP contribution is -2.28. The molecule has 6 nitrogen and oxygen atoms in total. The summed E-state index contributed by atoms with van der Waals surface area (Å²) in [5, 5.41) is 8.38. The molecule has 0 aliphatic carbocycles. The number of hydrogen-bond donors (Lipinski definition) is 3. The molecule has 112 valence electrons. The molecule has 0 aliphatic rings. The molecular formula is C14H16ClN3O3. The van der Waals surface area contributed by atoms with Crippen LogP contribution in [0.1, 0.15) is 16.8 Å². The first-order valence-corrected chi connectivity index (χ1v) is 6.76. The Labute approximate surface area is 126 Å². The van der Waals surface area contributed by atoms with Crippen LogP contribution in [0.15, 0.2) is 23.0 Å². The zero-order valence-corrected chi connectivity index (χ0v) is 12.5. The standard InChI is InChI=1S/C14H16ClN3O3/c1-8-3-11(4-9(2)14(8)15)21-7-13(20)16-6-10-5-12(19)18-17-10/h3-5H,6-7H2,1-2H3,(H,16,20)(H2,17,18,19). The summed E-state index contributed by atoms with van der Waals surface area (Å²) in [5.41, 5.74) is 2.17. The van der Waals surface area contributed by atoms with Crippen LogP contribution in [0.5, 0.6) is 5.75 Å². The van der Waals surface area contributed by atoms with E-state index in [-0.39, 0.29) is 24.6 Å². The van der Waals surface area contributed by atoms with E-state index in [1.54, 1.807) is 12.1 Å². The average molecular weight is 310 g/mol. The first-order valence-electron chi connectivity index (χ1n) is 6.38. The van der Waals surface area contributed by atoms with E-state index in [2.05, 4.69) is 15.5 Å². The van der Waals surface area contributed by atoms with Crippen LogP contribution in [0.4, 0.5) is 0 Å². The number of H-pyrrole nitrogens is 2. The fourth-order valence-electron chi connectivity index (χ4n) is 1.85. The lowest BCUT2D eigenvalue weighted by molar-refractivity contribution is -0.123. The number of hydrogen-bond acceptors (Lipinski definition) is 3. The first-order chi connectivity index (χ1) is 9.95. The van der Waals surface area contributed by atoms with Crippen LogP contribution >= 0.6 is 11.6 Å². The average Bonchev–Trinajstić information content (AvgIpc) is 2.85. The maximum absolute atomic E-state index is 11.7. The Morgan fingerprint density at radius 1 is 1.24 bits per heavy atom. The lowest BCUT2D eigenvalue weighted by Gasteiger charge is -2.10. The van der Waals surface area contributed by atoms with E-state index in [1.165, 1.54) is 6.07 Å².